The highest BCUT2D eigenvalue weighted by Crippen LogP contribution is 2.28. The molecule has 21 heavy (non-hydrogen) atoms. The molecule has 1 aliphatic rings. The van der Waals surface area contributed by atoms with Gasteiger partial charge in [0.2, 0.25) is 10.0 Å². The maximum absolute atomic E-state index is 12.3. The van der Waals surface area contributed by atoms with Crippen molar-refractivity contribution < 1.29 is 23.1 Å². The lowest BCUT2D eigenvalue weighted by atomic mass is 10.0. The van der Waals surface area contributed by atoms with Crippen molar-refractivity contribution in [3.05, 3.63) is 23.8 Å². The summed E-state index contributed by atoms with van der Waals surface area (Å²) >= 11 is 0. The third-order valence-electron chi connectivity index (χ3n) is 3.70. The summed E-state index contributed by atoms with van der Waals surface area (Å²) in [6, 6.07) is 4.26. The van der Waals surface area contributed by atoms with Gasteiger partial charge in [0.05, 0.1) is 23.6 Å². The first-order valence-corrected chi connectivity index (χ1v) is 8.41. The molecule has 1 fully saturated rings. The SMILES string of the molecule is COc1ccc(NS(=O)(=O)C2CCCCC2)c(C(=O)O)c1. The fraction of sp³-hybridized carbons (Fsp3) is 0.500. The summed E-state index contributed by atoms with van der Waals surface area (Å²) in [4.78, 5) is 11.3. The highest BCUT2D eigenvalue weighted by Gasteiger charge is 2.28. The molecular weight excluding hydrogens is 294 g/mol. The number of hydrogen-bond acceptors (Lipinski definition) is 4. The quantitative estimate of drug-likeness (QED) is 0.871. The van der Waals surface area contributed by atoms with Gasteiger partial charge in [-0.15, -0.1) is 0 Å². The minimum absolute atomic E-state index is 0.0777. The number of hydrogen-bond donors (Lipinski definition) is 2. The van der Waals surface area contributed by atoms with Gasteiger partial charge in [-0.2, -0.15) is 0 Å². The molecule has 0 radical (unpaired) electrons. The molecule has 2 N–H and O–H groups in total. The van der Waals surface area contributed by atoms with E-state index >= 15 is 0 Å². The van der Waals surface area contributed by atoms with Gasteiger partial charge in [0, 0.05) is 0 Å². The second-order valence-electron chi connectivity index (χ2n) is 5.12. The molecule has 0 spiro atoms. The summed E-state index contributed by atoms with van der Waals surface area (Å²) in [5.41, 5.74) is -0.0393. The summed E-state index contributed by atoms with van der Waals surface area (Å²) in [6.45, 7) is 0. The van der Waals surface area contributed by atoms with Crippen LogP contribution in [0.5, 0.6) is 5.75 Å². The normalized spacial score (nSPS) is 16.4. The summed E-state index contributed by atoms with van der Waals surface area (Å²) in [7, 11) is -2.14. The van der Waals surface area contributed by atoms with Crippen molar-refractivity contribution in [2.24, 2.45) is 0 Å². The van der Waals surface area contributed by atoms with E-state index < -0.39 is 21.2 Å². The number of benzene rings is 1. The van der Waals surface area contributed by atoms with E-state index in [0.29, 0.717) is 18.6 Å². The van der Waals surface area contributed by atoms with Crippen LogP contribution in [-0.4, -0.2) is 31.9 Å². The number of rotatable bonds is 5. The van der Waals surface area contributed by atoms with E-state index in [4.69, 9.17) is 4.74 Å². The van der Waals surface area contributed by atoms with Crippen molar-refractivity contribution in [3.63, 3.8) is 0 Å². The largest absolute Gasteiger partial charge is 0.497 e. The fourth-order valence-electron chi connectivity index (χ4n) is 2.53. The second kappa shape index (κ2) is 6.34. The van der Waals surface area contributed by atoms with E-state index in [1.807, 2.05) is 0 Å². The Balaban J connectivity index is 2.27. The molecule has 1 aromatic rings. The van der Waals surface area contributed by atoms with Gasteiger partial charge in [-0.3, -0.25) is 4.72 Å². The Kier molecular flexibility index (Phi) is 4.72. The number of methoxy groups -OCH3 is 1. The standard InChI is InChI=1S/C14H19NO5S/c1-20-10-7-8-13(12(9-10)14(16)17)15-21(18,19)11-5-3-2-4-6-11/h7-9,11,15H,2-6H2,1H3,(H,16,17). The van der Waals surface area contributed by atoms with Crippen molar-refractivity contribution in [3.8, 4) is 5.75 Å². The fourth-order valence-corrected chi connectivity index (χ4v) is 4.13. The van der Waals surface area contributed by atoms with Gasteiger partial charge in [-0.05, 0) is 31.0 Å². The number of carbonyl (C=O) groups is 1. The van der Waals surface area contributed by atoms with E-state index in [1.54, 1.807) is 0 Å². The Morgan fingerprint density at radius 1 is 1.29 bits per heavy atom. The molecule has 0 aromatic heterocycles. The van der Waals surface area contributed by atoms with E-state index in [-0.39, 0.29) is 11.3 Å². The number of nitrogens with one attached hydrogen (secondary N) is 1. The second-order valence-corrected chi connectivity index (χ2v) is 7.08. The van der Waals surface area contributed by atoms with E-state index in [9.17, 15) is 18.3 Å². The van der Waals surface area contributed by atoms with Gasteiger partial charge in [-0.25, -0.2) is 13.2 Å². The third-order valence-corrected chi connectivity index (χ3v) is 5.55. The predicted octanol–water partition coefficient (Wildman–Crippen LogP) is 2.47. The van der Waals surface area contributed by atoms with Gasteiger partial charge in [-0.1, -0.05) is 19.3 Å². The molecular formula is C14H19NO5S. The minimum Gasteiger partial charge on any atom is -0.497 e. The zero-order valence-electron chi connectivity index (χ0n) is 11.8. The Hall–Kier alpha value is -1.76. The molecule has 6 nitrogen and oxygen atoms in total. The zero-order valence-corrected chi connectivity index (χ0v) is 12.6. The molecule has 7 heteroatoms. The average Bonchev–Trinajstić information content (AvgIpc) is 2.48. The van der Waals surface area contributed by atoms with Crippen LogP contribution in [0.4, 0.5) is 5.69 Å². The van der Waals surface area contributed by atoms with Crippen LogP contribution < -0.4 is 9.46 Å². The summed E-state index contributed by atoms with van der Waals surface area (Å²) in [5.74, 6) is -0.830. The molecule has 1 saturated carbocycles. The van der Waals surface area contributed by atoms with Crippen LogP contribution in [0.1, 0.15) is 42.5 Å². The molecule has 0 atom stereocenters. The summed E-state index contributed by atoms with van der Waals surface area (Å²) < 4.78 is 32.1. The Morgan fingerprint density at radius 2 is 1.95 bits per heavy atom. The van der Waals surface area contributed by atoms with E-state index in [2.05, 4.69) is 4.72 Å². The van der Waals surface area contributed by atoms with Crippen LogP contribution in [0.25, 0.3) is 0 Å². The van der Waals surface area contributed by atoms with Crippen LogP contribution in [0, 0.1) is 0 Å². The van der Waals surface area contributed by atoms with Crippen molar-refractivity contribution in [2.75, 3.05) is 11.8 Å². The first-order chi connectivity index (χ1) is 9.94. The summed E-state index contributed by atoms with van der Waals surface area (Å²) in [6.07, 6.45) is 4.07. The third kappa shape index (κ3) is 3.66. The Morgan fingerprint density at radius 3 is 2.52 bits per heavy atom. The lowest BCUT2D eigenvalue weighted by molar-refractivity contribution is 0.0697. The van der Waals surface area contributed by atoms with Crippen LogP contribution in [0.3, 0.4) is 0 Å². The van der Waals surface area contributed by atoms with Crippen molar-refractivity contribution in [1.82, 2.24) is 0 Å². The lowest BCUT2D eigenvalue weighted by Crippen LogP contribution is -2.30. The lowest BCUT2D eigenvalue weighted by Gasteiger charge is -2.23. The predicted molar refractivity (Wildman–Crippen MR) is 79.4 cm³/mol. The maximum Gasteiger partial charge on any atom is 0.337 e. The first kappa shape index (κ1) is 15.6. The van der Waals surface area contributed by atoms with Crippen LogP contribution in [0.2, 0.25) is 0 Å². The van der Waals surface area contributed by atoms with Gasteiger partial charge in [0.15, 0.2) is 0 Å². The molecule has 0 aliphatic heterocycles. The first-order valence-electron chi connectivity index (χ1n) is 6.87. The number of sulfonamides is 1. The Labute approximate surface area is 124 Å². The van der Waals surface area contributed by atoms with Crippen molar-refractivity contribution in [1.29, 1.82) is 0 Å². The molecule has 116 valence electrons. The maximum atomic E-state index is 12.3. The number of anilines is 1. The van der Waals surface area contributed by atoms with E-state index in [0.717, 1.165) is 19.3 Å². The van der Waals surface area contributed by atoms with Crippen molar-refractivity contribution in [2.45, 2.75) is 37.4 Å². The highest BCUT2D eigenvalue weighted by atomic mass is 32.2. The highest BCUT2D eigenvalue weighted by molar-refractivity contribution is 7.93. The molecule has 0 amide bonds. The van der Waals surface area contributed by atoms with Gasteiger partial charge >= 0.3 is 5.97 Å². The number of carboxylic acid groups (broad SMARTS) is 1. The molecule has 0 heterocycles. The van der Waals surface area contributed by atoms with Crippen LogP contribution in [0.15, 0.2) is 18.2 Å². The van der Waals surface area contributed by atoms with Crippen molar-refractivity contribution >= 4 is 21.7 Å². The number of carboxylic acids is 1. The van der Waals surface area contributed by atoms with Gasteiger partial charge in [0.1, 0.15) is 5.75 Å². The number of aromatic carboxylic acids is 1. The summed E-state index contributed by atoms with van der Waals surface area (Å²) in [5, 5.41) is 8.75. The topological polar surface area (TPSA) is 92.7 Å². The van der Waals surface area contributed by atoms with Crippen LogP contribution >= 0.6 is 0 Å². The molecule has 2 rings (SSSR count). The van der Waals surface area contributed by atoms with E-state index in [1.165, 1.54) is 25.3 Å². The van der Waals surface area contributed by atoms with Gasteiger partial charge < -0.3 is 9.84 Å². The molecule has 0 bridgehead atoms. The molecule has 0 unspecified atom stereocenters. The average molecular weight is 313 g/mol. The minimum atomic E-state index is -3.57. The number of ether oxygens (including phenoxy) is 1. The molecule has 0 saturated heterocycles. The smallest absolute Gasteiger partial charge is 0.337 e. The molecule has 1 aliphatic carbocycles. The molecule has 1 aromatic carbocycles. The monoisotopic (exact) mass is 313 g/mol. The van der Waals surface area contributed by atoms with Gasteiger partial charge in [0.25, 0.3) is 0 Å². The zero-order chi connectivity index (χ0) is 15.5. The van der Waals surface area contributed by atoms with Crippen LogP contribution in [-0.2, 0) is 10.0 Å². The Bertz CT molecular complexity index is 620.